The van der Waals surface area contributed by atoms with E-state index in [0.29, 0.717) is 29.0 Å². The molecule has 0 aliphatic carbocycles. The molecule has 26 heavy (non-hydrogen) atoms. The van der Waals surface area contributed by atoms with Crippen LogP contribution in [0.15, 0.2) is 46.1 Å². The smallest absolute Gasteiger partial charge is 0.239 e. The summed E-state index contributed by atoms with van der Waals surface area (Å²) in [5.41, 5.74) is 1.08. The highest BCUT2D eigenvalue weighted by Gasteiger charge is 2.21. The highest BCUT2D eigenvalue weighted by molar-refractivity contribution is 8.00. The first-order valence-electron chi connectivity index (χ1n) is 8.20. The minimum Gasteiger partial charge on any atom is -0.360 e. The SMILES string of the molecule is CCC(Sc1n[nH]c(/C=C/c2ccccc2)n1)C(=O)Nc1cc(C)on1. The second kappa shape index (κ2) is 8.48. The molecule has 0 bridgehead atoms. The lowest BCUT2D eigenvalue weighted by atomic mass is 10.2. The number of aryl methyl sites for hydroxylation is 1. The summed E-state index contributed by atoms with van der Waals surface area (Å²) in [5, 5.41) is 13.8. The third-order valence-electron chi connectivity index (χ3n) is 3.51. The van der Waals surface area contributed by atoms with Crippen molar-refractivity contribution in [2.75, 3.05) is 5.32 Å². The van der Waals surface area contributed by atoms with E-state index < -0.39 is 0 Å². The van der Waals surface area contributed by atoms with Crippen LogP contribution in [-0.2, 0) is 4.79 Å². The van der Waals surface area contributed by atoms with E-state index in [1.807, 2.05) is 49.4 Å². The van der Waals surface area contributed by atoms with Gasteiger partial charge in [0.05, 0.1) is 5.25 Å². The predicted octanol–water partition coefficient (Wildman–Crippen LogP) is 3.78. The maximum Gasteiger partial charge on any atom is 0.239 e. The molecular weight excluding hydrogens is 350 g/mol. The van der Waals surface area contributed by atoms with Crippen molar-refractivity contribution >= 4 is 35.6 Å². The summed E-state index contributed by atoms with van der Waals surface area (Å²) in [7, 11) is 0. The molecule has 1 atom stereocenters. The number of H-pyrrole nitrogens is 1. The van der Waals surface area contributed by atoms with Crippen molar-refractivity contribution in [1.29, 1.82) is 0 Å². The molecule has 0 fully saturated rings. The Balaban J connectivity index is 1.61. The van der Waals surface area contributed by atoms with Gasteiger partial charge in [-0.3, -0.25) is 9.89 Å². The molecule has 0 saturated carbocycles. The number of aromatic amines is 1. The van der Waals surface area contributed by atoms with Gasteiger partial charge in [-0.05, 0) is 25.0 Å². The number of hydrogen-bond acceptors (Lipinski definition) is 6. The lowest BCUT2D eigenvalue weighted by Crippen LogP contribution is -2.24. The van der Waals surface area contributed by atoms with Crippen LogP contribution in [0.3, 0.4) is 0 Å². The van der Waals surface area contributed by atoms with E-state index in [2.05, 4.69) is 25.7 Å². The molecule has 1 unspecified atom stereocenters. The van der Waals surface area contributed by atoms with Gasteiger partial charge >= 0.3 is 0 Å². The fourth-order valence-corrected chi connectivity index (χ4v) is 3.04. The molecule has 3 rings (SSSR count). The quantitative estimate of drug-likeness (QED) is 0.615. The molecule has 0 aliphatic rings. The predicted molar refractivity (Wildman–Crippen MR) is 102 cm³/mol. The fourth-order valence-electron chi connectivity index (χ4n) is 2.21. The molecule has 2 N–H and O–H groups in total. The average Bonchev–Trinajstić information content (AvgIpc) is 3.27. The first-order chi connectivity index (χ1) is 12.6. The number of hydrogen-bond donors (Lipinski definition) is 2. The number of benzene rings is 1. The van der Waals surface area contributed by atoms with Crippen LogP contribution < -0.4 is 5.32 Å². The van der Waals surface area contributed by atoms with Crippen LogP contribution in [0.5, 0.6) is 0 Å². The second-order valence-electron chi connectivity index (χ2n) is 5.57. The number of carbonyl (C=O) groups is 1. The number of aromatic nitrogens is 4. The molecule has 8 heteroatoms. The Bertz CT molecular complexity index is 888. The Morgan fingerprint density at radius 3 is 2.85 bits per heavy atom. The monoisotopic (exact) mass is 369 g/mol. The molecule has 0 saturated heterocycles. The number of thioether (sulfide) groups is 1. The van der Waals surface area contributed by atoms with Gasteiger partial charge in [-0.25, -0.2) is 4.98 Å². The molecule has 2 aromatic heterocycles. The van der Waals surface area contributed by atoms with Gasteiger partial charge in [0.1, 0.15) is 11.6 Å². The van der Waals surface area contributed by atoms with E-state index in [0.717, 1.165) is 5.56 Å². The van der Waals surface area contributed by atoms with Crippen LogP contribution in [0.25, 0.3) is 12.2 Å². The molecule has 3 aromatic rings. The number of nitrogens with one attached hydrogen (secondary N) is 2. The standard InChI is InChI=1S/C18H19N5O2S/c1-3-14(17(24)19-16-11-12(2)25-23-16)26-18-20-15(21-22-18)10-9-13-7-5-4-6-8-13/h4-11,14H,3H2,1-2H3,(H,19,23,24)(H,20,21,22)/b10-9+. The molecule has 1 aromatic carbocycles. The maximum absolute atomic E-state index is 12.4. The Morgan fingerprint density at radius 1 is 1.35 bits per heavy atom. The normalized spacial score (nSPS) is 12.4. The van der Waals surface area contributed by atoms with E-state index in [1.54, 1.807) is 13.0 Å². The molecule has 0 radical (unpaired) electrons. The Kier molecular flexibility index (Phi) is 5.85. The van der Waals surface area contributed by atoms with Crippen molar-refractivity contribution in [3.63, 3.8) is 0 Å². The van der Waals surface area contributed by atoms with Gasteiger partial charge < -0.3 is 9.84 Å². The molecule has 2 heterocycles. The van der Waals surface area contributed by atoms with E-state index in [4.69, 9.17) is 4.52 Å². The first kappa shape index (κ1) is 17.9. The molecule has 1 amide bonds. The number of nitrogens with zero attached hydrogens (tertiary/aromatic N) is 3. The second-order valence-corrected chi connectivity index (χ2v) is 6.74. The topological polar surface area (TPSA) is 96.7 Å². The van der Waals surface area contributed by atoms with Gasteiger partial charge in [0, 0.05) is 6.07 Å². The zero-order valence-corrected chi connectivity index (χ0v) is 15.3. The molecular formula is C18H19N5O2S. The zero-order chi connectivity index (χ0) is 18.4. The summed E-state index contributed by atoms with van der Waals surface area (Å²) in [4.78, 5) is 16.8. The largest absolute Gasteiger partial charge is 0.360 e. The van der Waals surface area contributed by atoms with Crippen LogP contribution in [0, 0.1) is 6.92 Å². The van der Waals surface area contributed by atoms with Crippen molar-refractivity contribution in [2.24, 2.45) is 0 Å². The van der Waals surface area contributed by atoms with Crippen molar-refractivity contribution in [2.45, 2.75) is 30.7 Å². The minimum atomic E-state index is -0.325. The van der Waals surface area contributed by atoms with Crippen molar-refractivity contribution < 1.29 is 9.32 Å². The van der Waals surface area contributed by atoms with Crippen LogP contribution in [0.1, 0.15) is 30.5 Å². The number of amides is 1. The fraction of sp³-hybridized carbons (Fsp3) is 0.222. The minimum absolute atomic E-state index is 0.156. The highest BCUT2D eigenvalue weighted by atomic mass is 32.2. The number of anilines is 1. The summed E-state index contributed by atoms with van der Waals surface area (Å²) < 4.78 is 4.95. The summed E-state index contributed by atoms with van der Waals surface area (Å²) in [6.07, 6.45) is 4.44. The van der Waals surface area contributed by atoms with Crippen LogP contribution >= 0.6 is 11.8 Å². The van der Waals surface area contributed by atoms with E-state index in [1.165, 1.54) is 11.8 Å². The summed E-state index contributed by atoms with van der Waals surface area (Å²) in [5.74, 6) is 1.54. The van der Waals surface area contributed by atoms with Gasteiger partial charge in [-0.15, -0.1) is 5.10 Å². The Hall–Kier alpha value is -2.87. The summed E-state index contributed by atoms with van der Waals surface area (Å²) in [6, 6.07) is 11.6. The first-order valence-corrected chi connectivity index (χ1v) is 9.08. The number of rotatable bonds is 7. The van der Waals surface area contributed by atoms with Crippen LogP contribution in [-0.4, -0.2) is 31.5 Å². The van der Waals surface area contributed by atoms with Gasteiger partial charge in [-0.1, -0.05) is 60.3 Å². The van der Waals surface area contributed by atoms with Gasteiger partial charge in [0.2, 0.25) is 11.1 Å². The third-order valence-corrected chi connectivity index (χ3v) is 4.73. The van der Waals surface area contributed by atoms with Gasteiger partial charge in [0.15, 0.2) is 5.82 Å². The number of carbonyl (C=O) groups excluding carboxylic acids is 1. The van der Waals surface area contributed by atoms with Gasteiger partial charge in [0.25, 0.3) is 0 Å². The van der Waals surface area contributed by atoms with E-state index in [9.17, 15) is 4.79 Å². The van der Waals surface area contributed by atoms with Crippen LogP contribution in [0.2, 0.25) is 0 Å². The van der Waals surface area contributed by atoms with E-state index >= 15 is 0 Å². The molecule has 134 valence electrons. The Morgan fingerprint density at radius 2 is 2.15 bits per heavy atom. The van der Waals surface area contributed by atoms with Gasteiger partial charge in [-0.2, -0.15) is 0 Å². The lowest BCUT2D eigenvalue weighted by molar-refractivity contribution is -0.115. The Labute approximate surface area is 155 Å². The van der Waals surface area contributed by atoms with E-state index in [-0.39, 0.29) is 11.2 Å². The van der Waals surface area contributed by atoms with Crippen molar-refractivity contribution in [3.8, 4) is 0 Å². The van der Waals surface area contributed by atoms with Crippen molar-refractivity contribution in [1.82, 2.24) is 20.3 Å². The molecule has 0 spiro atoms. The highest BCUT2D eigenvalue weighted by Crippen LogP contribution is 2.23. The van der Waals surface area contributed by atoms with Crippen molar-refractivity contribution in [3.05, 3.63) is 53.5 Å². The lowest BCUT2D eigenvalue weighted by Gasteiger charge is -2.10. The third kappa shape index (κ3) is 4.82. The van der Waals surface area contributed by atoms with Crippen LogP contribution in [0.4, 0.5) is 5.82 Å². The molecule has 7 nitrogen and oxygen atoms in total. The summed E-state index contributed by atoms with van der Waals surface area (Å²) in [6.45, 7) is 3.71. The molecule has 0 aliphatic heterocycles. The maximum atomic E-state index is 12.4. The summed E-state index contributed by atoms with van der Waals surface area (Å²) >= 11 is 1.31. The zero-order valence-electron chi connectivity index (χ0n) is 14.5. The average molecular weight is 369 g/mol.